The minimum absolute atomic E-state index is 0.212. The number of rotatable bonds is 4. The zero-order valence-electron chi connectivity index (χ0n) is 9.37. The molecule has 1 atom stereocenters. The summed E-state index contributed by atoms with van der Waals surface area (Å²) in [6, 6.07) is 8.81. The van der Waals surface area contributed by atoms with E-state index in [1.807, 2.05) is 0 Å². The van der Waals surface area contributed by atoms with E-state index in [0.29, 0.717) is 0 Å². The molecule has 1 aliphatic heterocycles. The van der Waals surface area contributed by atoms with Gasteiger partial charge in [0.1, 0.15) is 5.76 Å². The van der Waals surface area contributed by atoms with Gasteiger partial charge in [0, 0.05) is 9.99 Å². The Hall–Kier alpha value is -0.550. The van der Waals surface area contributed by atoms with Crippen molar-refractivity contribution in [2.24, 2.45) is 0 Å². The van der Waals surface area contributed by atoms with Crippen molar-refractivity contribution in [3.05, 3.63) is 45.2 Å². The minimum atomic E-state index is 0.212. The number of likely N-dealkylation sites (N-methyl/N-ethyl adjacent to an activating group) is 1. The Labute approximate surface area is 110 Å². The molecule has 1 aromatic carbocycles. The van der Waals surface area contributed by atoms with Gasteiger partial charge in [-0.1, -0.05) is 19.1 Å². The number of ether oxygens (including phenoxy) is 1. The third-order valence-electron chi connectivity index (χ3n) is 2.63. The number of halogens is 1. The van der Waals surface area contributed by atoms with E-state index in [-0.39, 0.29) is 6.04 Å². The Morgan fingerprint density at radius 3 is 2.69 bits per heavy atom. The Bertz CT molecular complexity index is 372. The molecule has 3 heteroatoms. The van der Waals surface area contributed by atoms with Gasteiger partial charge in [-0.3, -0.25) is 0 Å². The highest BCUT2D eigenvalue weighted by Gasteiger charge is 2.19. The third kappa shape index (κ3) is 2.77. The third-order valence-corrected chi connectivity index (χ3v) is 3.35. The predicted octanol–water partition coefficient (Wildman–Crippen LogP) is 3.25. The van der Waals surface area contributed by atoms with Gasteiger partial charge in [0.05, 0.1) is 12.6 Å². The highest BCUT2D eigenvalue weighted by atomic mass is 127. The number of hydrogen-bond acceptors (Lipinski definition) is 2. The number of benzene rings is 1. The lowest BCUT2D eigenvalue weighted by molar-refractivity contribution is 0.216. The van der Waals surface area contributed by atoms with E-state index in [1.165, 1.54) is 9.13 Å². The summed E-state index contributed by atoms with van der Waals surface area (Å²) in [7, 11) is 0. The lowest BCUT2D eigenvalue weighted by atomic mass is 10.0. The molecule has 16 heavy (non-hydrogen) atoms. The highest BCUT2D eigenvalue weighted by Crippen LogP contribution is 2.26. The molecular weight excluding hydrogens is 313 g/mol. The number of hydrogen-bond donors (Lipinski definition) is 1. The molecule has 1 N–H and O–H groups in total. The minimum Gasteiger partial charge on any atom is -0.496 e. The van der Waals surface area contributed by atoms with Gasteiger partial charge in [-0.2, -0.15) is 0 Å². The maximum absolute atomic E-state index is 5.65. The van der Waals surface area contributed by atoms with Crippen molar-refractivity contribution in [2.75, 3.05) is 13.2 Å². The van der Waals surface area contributed by atoms with Crippen molar-refractivity contribution in [1.82, 2.24) is 5.32 Å². The summed E-state index contributed by atoms with van der Waals surface area (Å²) in [5.74, 6) is 1.07. The molecule has 0 aromatic heterocycles. The fourth-order valence-electron chi connectivity index (χ4n) is 1.88. The molecular formula is C13H16INO. The zero-order valence-corrected chi connectivity index (χ0v) is 11.5. The molecule has 0 bridgehead atoms. The molecule has 1 heterocycles. The van der Waals surface area contributed by atoms with Crippen LogP contribution in [0.1, 0.15) is 24.9 Å². The lowest BCUT2D eigenvalue weighted by Crippen LogP contribution is -2.23. The van der Waals surface area contributed by atoms with Crippen LogP contribution in [0.2, 0.25) is 0 Å². The Morgan fingerprint density at radius 2 is 2.12 bits per heavy atom. The van der Waals surface area contributed by atoms with Crippen LogP contribution in [0.25, 0.3) is 0 Å². The average Bonchev–Trinajstić information content (AvgIpc) is 2.81. The van der Waals surface area contributed by atoms with Crippen LogP contribution in [-0.4, -0.2) is 13.2 Å². The molecule has 0 spiro atoms. The first kappa shape index (κ1) is 11.9. The zero-order chi connectivity index (χ0) is 11.4. The van der Waals surface area contributed by atoms with Gasteiger partial charge < -0.3 is 10.1 Å². The van der Waals surface area contributed by atoms with Crippen LogP contribution in [0, 0.1) is 3.57 Å². The summed E-state index contributed by atoms with van der Waals surface area (Å²) in [5, 5.41) is 3.46. The van der Waals surface area contributed by atoms with Crippen molar-refractivity contribution >= 4 is 22.6 Å². The van der Waals surface area contributed by atoms with E-state index in [4.69, 9.17) is 4.74 Å². The molecule has 0 fully saturated rings. The Kier molecular flexibility index (Phi) is 4.23. The predicted molar refractivity (Wildman–Crippen MR) is 74.2 cm³/mol. The summed E-state index contributed by atoms with van der Waals surface area (Å²) in [6.07, 6.45) is 3.22. The maximum Gasteiger partial charge on any atom is 0.114 e. The van der Waals surface area contributed by atoms with Crippen LogP contribution in [-0.2, 0) is 4.74 Å². The first-order valence-corrected chi connectivity index (χ1v) is 6.71. The van der Waals surface area contributed by atoms with E-state index < -0.39 is 0 Å². The summed E-state index contributed by atoms with van der Waals surface area (Å²) in [5.41, 5.74) is 1.27. The largest absolute Gasteiger partial charge is 0.496 e. The number of nitrogens with one attached hydrogen (secondary N) is 1. The van der Waals surface area contributed by atoms with E-state index in [9.17, 15) is 0 Å². The molecule has 0 radical (unpaired) electrons. The molecule has 1 unspecified atom stereocenters. The monoisotopic (exact) mass is 329 g/mol. The van der Waals surface area contributed by atoms with Gasteiger partial charge in [-0.25, -0.2) is 0 Å². The van der Waals surface area contributed by atoms with Gasteiger partial charge in [-0.15, -0.1) is 0 Å². The second kappa shape index (κ2) is 5.68. The van der Waals surface area contributed by atoms with E-state index in [2.05, 4.69) is 65.2 Å². The fourth-order valence-corrected chi connectivity index (χ4v) is 2.24. The molecule has 1 aromatic rings. The standard InChI is InChI=1S/C13H16INO/c1-2-15-13(12-4-3-9-16-12)10-5-7-11(14)8-6-10/h4-8,13,15H,2-3,9H2,1H3. The van der Waals surface area contributed by atoms with Gasteiger partial charge in [0.15, 0.2) is 0 Å². The fraction of sp³-hybridized carbons (Fsp3) is 0.385. The van der Waals surface area contributed by atoms with Crippen molar-refractivity contribution in [3.8, 4) is 0 Å². The average molecular weight is 329 g/mol. The normalized spacial score (nSPS) is 16.8. The van der Waals surface area contributed by atoms with Crippen LogP contribution in [0.4, 0.5) is 0 Å². The first-order chi connectivity index (χ1) is 7.81. The topological polar surface area (TPSA) is 21.3 Å². The van der Waals surface area contributed by atoms with Gasteiger partial charge in [-0.05, 0) is 52.9 Å². The van der Waals surface area contributed by atoms with E-state index in [0.717, 1.165) is 25.3 Å². The van der Waals surface area contributed by atoms with Crippen LogP contribution in [0.5, 0.6) is 0 Å². The van der Waals surface area contributed by atoms with Gasteiger partial charge >= 0.3 is 0 Å². The molecule has 86 valence electrons. The second-order valence-electron chi connectivity index (χ2n) is 3.79. The first-order valence-electron chi connectivity index (χ1n) is 5.63. The Balaban J connectivity index is 2.21. The molecule has 0 saturated carbocycles. The summed E-state index contributed by atoms with van der Waals surface area (Å²) >= 11 is 2.32. The molecule has 0 aliphatic carbocycles. The van der Waals surface area contributed by atoms with Crippen LogP contribution in [0.15, 0.2) is 36.1 Å². The van der Waals surface area contributed by atoms with E-state index >= 15 is 0 Å². The van der Waals surface area contributed by atoms with Crippen LogP contribution < -0.4 is 5.32 Å². The van der Waals surface area contributed by atoms with Crippen LogP contribution >= 0.6 is 22.6 Å². The summed E-state index contributed by atoms with van der Waals surface area (Å²) < 4.78 is 6.91. The quantitative estimate of drug-likeness (QED) is 0.857. The van der Waals surface area contributed by atoms with Gasteiger partial charge in [0.2, 0.25) is 0 Å². The van der Waals surface area contributed by atoms with Crippen molar-refractivity contribution < 1.29 is 4.74 Å². The summed E-state index contributed by atoms with van der Waals surface area (Å²) in [4.78, 5) is 0. The smallest absolute Gasteiger partial charge is 0.114 e. The summed E-state index contributed by atoms with van der Waals surface area (Å²) in [6.45, 7) is 3.88. The van der Waals surface area contributed by atoms with Crippen molar-refractivity contribution in [3.63, 3.8) is 0 Å². The molecule has 0 saturated heterocycles. The lowest BCUT2D eigenvalue weighted by Gasteiger charge is -2.19. The molecule has 2 rings (SSSR count). The van der Waals surface area contributed by atoms with Crippen molar-refractivity contribution in [2.45, 2.75) is 19.4 Å². The maximum atomic E-state index is 5.65. The highest BCUT2D eigenvalue weighted by molar-refractivity contribution is 14.1. The van der Waals surface area contributed by atoms with Gasteiger partial charge in [0.25, 0.3) is 0 Å². The molecule has 0 amide bonds. The Morgan fingerprint density at radius 1 is 1.38 bits per heavy atom. The SMILES string of the molecule is CCNC(C1=CCCO1)c1ccc(I)cc1. The molecule has 1 aliphatic rings. The second-order valence-corrected chi connectivity index (χ2v) is 5.03. The van der Waals surface area contributed by atoms with E-state index in [1.54, 1.807) is 0 Å². The van der Waals surface area contributed by atoms with Crippen LogP contribution in [0.3, 0.4) is 0 Å². The molecule has 2 nitrogen and oxygen atoms in total. The van der Waals surface area contributed by atoms with Crippen molar-refractivity contribution in [1.29, 1.82) is 0 Å².